The van der Waals surface area contributed by atoms with Gasteiger partial charge in [-0.2, -0.15) is 0 Å². The van der Waals surface area contributed by atoms with Crippen molar-refractivity contribution < 1.29 is 18.3 Å². The van der Waals surface area contributed by atoms with Crippen LogP contribution in [0.4, 0.5) is 0 Å². The van der Waals surface area contributed by atoms with Gasteiger partial charge in [0.2, 0.25) is 0 Å². The lowest BCUT2D eigenvalue weighted by Crippen LogP contribution is -2.10. The second kappa shape index (κ2) is 4.96. The zero-order chi connectivity index (χ0) is 13.2. The van der Waals surface area contributed by atoms with Gasteiger partial charge < -0.3 is 9.84 Å². The van der Waals surface area contributed by atoms with E-state index in [4.69, 9.17) is 9.84 Å². The molecule has 1 N–H and O–H groups in total. The third-order valence-electron chi connectivity index (χ3n) is 2.76. The van der Waals surface area contributed by atoms with Crippen LogP contribution in [-0.4, -0.2) is 33.0 Å². The highest BCUT2D eigenvalue weighted by Crippen LogP contribution is 2.30. The molecule has 2 rings (SSSR count). The Morgan fingerprint density at radius 1 is 1.11 bits per heavy atom. The molecule has 0 saturated carbocycles. The van der Waals surface area contributed by atoms with Gasteiger partial charge in [0.1, 0.15) is 5.75 Å². The fourth-order valence-electron chi connectivity index (χ4n) is 1.93. The average molecular weight is 266 g/mol. The second-order valence-electron chi connectivity index (χ2n) is 3.85. The number of ether oxygens (including phenoxy) is 1. The predicted molar refractivity (Wildman–Crippen MR) is 69.6 cm³/mol. The zero-order valence-corrected chi connectivity index (χ0v) is 10.8. The number of aliphatic hydroxyl groups is 1. The van der Waals surface area contributed by atoms with Crippen molar-refractivity contribution in [2.45, 2.75) is 4.90 Å². The van der Waals surface area contributed by atoms with E-state index in [1.165, 1.54) is 0 Å². The van der Waals surface area contributed by atoms with Gasteiger partial charge >= 0.3 is 0 Å². The standard InChI is InChI=1S/C13H14O4S/c1-17-12-6-2-5-11-10(12)4-3-7-13(11)18(15,16)9-8-14/h2-7,14H,8-9H2,1H3. The lowest BCUT2D eigenvalue weighted by atomic mass is 10.1. The fourth-order valence-corrected chi connectivity index (χ4v) is 3.19. The molecule has 0 heterocycles. The maximum absolute atomic E-state index is 12.0. The number of sulfone groups is 1. The van der Waals surface area contributed by atoms with Crippen molar-refractivity contribution in [3.05, 3.63) is 36.4 Å². The van der Waals surface area contributed by atoms with Gasteiger partial charge in [-0.25, -0.2) is 8.42 Å². The van der Waals surface area contributed by atoms with Crippen LogP contribution in [0, 0.1) is 0 Å². The van der Waals surface area contributed by atoms with Crippen LogP contribution in [-0.2, 0) is 9.84 Å². The molecule has 0 bridgehead atoms. The predicted octanol–water partition coefficient (Wildman–Crippen LogP) is 1.61. The Morgan fingerprint density at radius 3 is 2.44 bits per heavy atom. The number of fused-ring (bicyclic) bond motifs is 1. The first kappa shape index (κ1) is 12.9. The van der Waals surface area contributed by atoms with Crippen LogP contribution >= 0.6 is 0 Å². The van der Waals surface area contributed by atoms with Gasteiger partial charge in [0.25, 0.3) is 0 Å². The Balaban J connectivity index is 2.74. The molecule has 18 heavy (non-hydrogen) atoms. The van der Waals surface area contributed by atoms with Crippen LogP contribution in [0.2, 0.25) is 0 Å². The summed E-state index contributed by atoms with van der Waals surface area (Å²) in [4.78, 5) is 0.230. The normalized spacial score (nSPS) is 11.7. The van der Waals surface area contributed by atoms with Gasteiger partial charge in [0.05, 0.1) is 24.4 Å². The molecule has 0 saturated heterocycles. The summed E-state index contributed by atoms with van der Waals surface area (Å²) in [6.07, 6.45) is 0. The minimum Gasteiger partial charge on any atom is -0.496 e. The first-order valence-electron chi connectivity index (χ1n) is 5.49. The van der Waals surface area contributed by atoms with Crippen LogP contribution < -0.4 is 4.74 Å². The van der Waals surface area contributed by atoms with Crippen molar-refractivity contribution in [2.24, 2.45) is 0 Å². The SMILES string of the molecule is COc1cccc2c(S(=O)(=O)CCO)cccc12. The summed E-state index contributed by atoms with van der Waals surface area (Å²) >= 11 is 0. The van der Waals surface area contributed by atoms with Crippen LogP contribution in [0.1, 0.15) is 0 Å². The van der Waals surface area contributed by atoms with E-state index in [1.54, 1.807) is 37.4 Å². The molecule has 0 aliphatic carbocycles. The number of hydrogen-bond acceptors (Lipinski definition) is 4. The molecule has 0 radical (unpaired) electrons. The highest BCUT2D eigenvalue weighted by Gasteiger charge is 2.17. The van der Waals surface area contributed by atoms with Crippen LogP contribution in [0.5, 0.6) is 5.75 Å². The highest BCUT2D eigenvalue weighted by atomic mass is 32.2. The smallest absolute Gasteiger partial charge is 0.181 e. The minimum atomic E-state index is -3.47. The Kier molecular flexibility index (Phi) is 3.54. The number of aliphatic hydroxyl groups excluding tert-OH is 1. The van der Waals surface area contributed by atoms with Gasteiger partial charge in [-0.3, -0.25) is 0 Å². The zero-order valence-electron chi connectivity index (χ0n) is 9.96. The Bertz CT molecular complexity index is 662. The van der Waals surface area contributed by atoms with E-state index in [2.05, 4.69) is 0 Å². The van der Waals surface area contributed by atoms with Crippen molar-refractivity contribution in [1.82, 2.24) is 0 Å². The first-order valence-corrected chi connectivity index (χ1v) is 7.15. The van der Waals surface area contributed by atoms with Gasteiger partial charge in [-0.15, -0.1) is 0 Å². The van der Waals surface area contributed by atoms with Gasteiger partial charge in [-0.05, 0) is 12.1 Å². The Morgan fingerprint density at radius 2 is 1.78 bits per heavy atom. The molecule has 2 aromatic carbocycles. The van der Waals surface area contributed by atoms with E-state index < -0.39 is 9.84 Å². The van der Waals surface area contributed by atoms with Crippen molar-refractivity contribution in [2.75, 3.05) is 19.5 Å². The molecule has 96 valence electrons. The average Bonchev–Trinajstić information content (AvgIpc) is 2.37. The van der Waals surface area contributed by atoms with Crippen molar-refractivity contribution in [3.8, 4) is 5.75 Å². The summed E-state index contributed by atoms with van der Waals surface area (Å²) in [5, 5.41) is 10.2. The number of methoxy groups -OCH3 is 1. The van der Waals surface area contributed by atoms with E-state index in [-0.39, 0.29) is 17.3 Å². The lowest BCUT2D eigenvalue weighted by molar-refractivity contribution is 0.319. The van der Waals surface area contributed by atoms with Crippen LogP contribution in [0.3, 0.4) is 0 Å². The van der Waals surface area contributed by atoms with Gasteiger partial charge in [0.15, 0.2) is 9.84 Å². The molecule has 0 unspecified atom stereocenters. The Labute approximate surface area is 106 Å². The monoisotopic (exact) mass is 266 g/mol. The third kappa shape index (κ3) is 2.19. The fraction of sp³-hybridized carbons (Fsp3) is 0.231. The van der Waals surface area contributed by atoms with Crippen molar-refractivity contribution >= 4 is 20.6 Å². The molecule has 4 nitrogen and oxygen atoms in total. The van der Waals surface area contributed by atoms with Crippen LogP contribution in [0.25, 0.3) is 10.8 Å². The molecule has 5 heteroatoms. The summed E-state index contributed by atoms with van der Waals surface area (Å²) < 4.78 is 29.3. The maximum atomic E-state index is 12.0. The van der Waals surface area contributed by atoms with E-state index in [1.807, 2.05) is 6.07 Å². The Hall–Kier alpha value is -1.59. The van der Waals surface area contributed by atoms with E-state index in [9.17, 15) is 8.42 Å². The van der Waals surface area contributed by atoms with Crippen LogP contribution in [0.15, 0.2) is 41.3 Å². The largest absolute Gasteiger partial charge is 0.496 e. The number of benzene rings is 2. The summed E-state index contributed by atoms with van der Waals surface area (Å²) in [6.45, 7) is -0.386. The van der Waals surface area contributed by atoms with Gasteiger partial charge in [0, 0.05) is 10.8 Å². The van der Waals surface area contributed by atoms with E-state index in [0.29, 0.717) is 11.1 Å². The molecule has 2 aromatic rings. The molecule has 0 fully saturated rings. The summed E-state index contributed by atoms with van der Waals surface area (Å²) in [5.74, 6) is 0.358. The third-order valence-corrected chi connectivity index (χ3v) is 4.50. The van der Waals surface area contributed by atoms with Crippen molar-refractivity contribution in [3.63, 3.8) is 0 Å². The second-order valence-corrected chi connectivity index (χ2v) is 5.93. The first-order chi connectivity index (χ1) is 8.60. The molecule has 0 aliphatic rings. The minimum absolute atomic E-state index is 0.230. The molecule has 0 spiro atoms. The molecular weight excluding hydrogens is 252 g/mol. The topological polar surface area (TPSA) is 63.6 Å². The molecule has 0 atom stereocenters. The summed E-state index contributed by atoms with van der Waals surface area (Å²) in [7, 11) is -1.92. The molecule has 0 amide bonds. The highest BCUT2D eigenvalue weighted by molar-refractivity contribution is 7.91. The van der Waals surface area contributed by atoms with Crippen molar-refractivity contribution in [1.29, 1.82) is 0 Å². The van der Waals surface area contributed by atoms with E-state index >= 15 is 0 Å². The van der Waals surface area contributed by atoms with Gasteiger partial charge in [-0.1, -0.05) is 24.3 Å². The lowest BCUT2D eigenvalue weighted by Gasteiger charge is -2.09. The summed E-state index contributed by atoms with van der Waals surface area (Å²) in [6, 6.07) is 10.3. The molecular formula is C13H14O4S. The quantitative estimate of drug-likeness (QED) is 0.913. The van der Waals surface area contributed by atoms with E-state index in [0.717, 1.165) is 5.39 Å². The maximum Gasteiger partial charge on any atom is 0.181 e. The molecule has 0 aliphatic heterocycles. The number of hydrogen-bond donors (Lipinski definition) is 1. The molecule has 0 aromatic heterocycles. The number of rotatable bonds is 4. The summed E-state index contributed by atoms with van der Waals surface area (Å²) in [5.41, 5.74) is 0.